The van der Waals surface area contributed by atoms with Crippen LogP contribution in [-0.4, -0.2) is 21.0 Å². The third kappa shape index (κ3) is 3.37. The molecule has 2 aromatic carbocycles. The van der Waals surface area contributed by atoms with E-state index in [0.29, 0.717) is 5.82 Å². The number of nitrogens with zero attached hydrogens (tertiary/aromatic N) is 2. The molecule has 4 rings (SSSR count). The Labute approximate surface area is 159 Å². The van der Waals surface area contributed by atoms with Crippen LogP contribution in [-0.2, 0) is 0 Å². The summed E-state index contributed by atoms with van der Waals surface area (Å²) in [5.74, 6) is -0.242. The van der Waals surface area contributed by atoms with Crippen molar-refractivity contribution in [2.45, 2.75) is 0 Å². The fourth-order valence-electron chi connectivity index (χ4n) is 2.63. The number of nitrogens with one attached hydrogen (secondary N) is 1. The zero-order valence-electron chi connectivity index (χ0n) is 13.4. The molecule has 0 aliphatic rings. The normalized spacial score (nSPS) is 10.3. The molecule has 0 fully saturated rings. The molecule has 0 bridgehead atoms. The molecule has 0 unspecified atom stereocenters. The van der Waals surface area contributed by atoms with Crippen molar-refractivity contribution in [3.05, 3.63) is 71.9 Å². The lowest BCUT2D eigenvalue weighted by Gasteiger charge is -2.08. The smallest absolute Gasteiger partial charge is 0.335 e. The number of anilines is 2. The van der Waals surface area contributed by atoms with Crippen LogP contribution in [0.4, 0.5) is 11.5 Å². The molecular formula is C19H13ClN3O2S-. The number of benzene rings is 2. The van der Waals surface area contributed by atoms with Crippen molar-refractivity contribution >= 4 is 39.0 Å². The fraction of sp³-hybridized carbons (Fsp3) is 0. The molecule has 0 aliphatic carbocycles. The van der Waals surface area contributed by atoms with Gasteiger partial charge in [0.25, 0.3) is 0 Å². The highest BCUT2D eigenvalue weighted by Crippen LogP contribution is 2.37. The summed E-state index contributed by atoms with van der Waals surface area (Å²) >= 11 is 1.57. The highest BCUT2D eigenvalue weighted by Gasteiger charge is 2.13. The number of carboxylic acids is 1. The van der Waals surface area contributed by atoms with Crippen LogP contribution < -0.4 is 17.7 Å². The number of rotatable bonds is 4. The second-order valence-corrected chi connectivity index (χ2v) is 6.28. The van der Waals surface area contributed by atoms with E-state index in [9.17, 15) is 4.79 Å². The van der Waals surface area contributed by atoms with Gasteiger partial charge in [-0.25, -0.2) is 14.8 Å². The van der Waals surface area contributed by atoms with E-state index in [1.807, 2.05) is 18.2 Å². The SMILES string of the molecule is O=C(O)c1ccc(Nc2ncnc3scc(-c4ccccc4)c23)cc1.[Cl-]. The van der Waals surface area contributed by atoms with Crippen molar-refractivity contribution in [1.82, 2.24) is 9.97 Å². The van der Waals surface area contributed by atoms with Gasteiger partial charge >= 0.3 is 5.97 Å². The monoisotopic (exact) mass is 382 g/mol. The zero-order valence-corrected chi connectivity index (χ0v) is 15.0. The van der Waals surface area contributed by atoms with Crippen LogP contribution in [0.1, 0.15) is 10.4 Å². The number of fused-ring (bicyclic) bond motifs is 1. The summed E-state index contributed by atoms with van der Waals surface area (Å²) in [7, 11) is 0. The van der Waals surface area contributed by atoms with Crippen LogP contribution in [0.5, 0.6) is 0 Å². The third-order valence-electron chi connectivity index (χ3n) is 3.85. The Bertz CT molecular complexity index is 1050. The van der Waals surface area contributed by atoms with Crippen molar-refractivity contribution < 1.29 is 22.3 Å². The standard InChI is InChI=1S/C19H13N3O2S.ClH/c23-19(24)13-6-8-14(9-7-13)22-17-16-15(12-4-2-1-3-5-12)10-25-18(16)21-11-20-17;/h1-11H,(H,23,24)(H,20,21,22);1H/p-1. The van der Waals surface area contributed by atoms with Crippen LogP contribution in [0.3, 0.4) is 0 Å². The first-order valence-corrected chi connectivity index (χ1v) is 8.48. The Kier molecular flexibility index (Phi) is 5.16. The van der Waals surface area contributed by atoms with E-state index in [-0.39, 0.29) is 18.0 Å². The highest BCUT2D eigenvalue weighted by molar-refractivity contribution is 7.17. The van der Waals surface area contributed by atoms with Gasteiger partial charge in [-0.1, -0.05) is 30.3 Å². The first-order chi connectivity index (χ1) is 12.2. The minimum absolute atomic E-state index is 0. The molecule has 2 aromatic heterocycles. The maximum Gasteiger partial charge on any atom is 0.335 e. The van der Waals surface area contributed by atoms with E-state index in [0.717, 1.165) is 27.0 Å². The van der Waals surface area contributed by atoms with Crippen LogP contribution in [0.2, 0.25) is 0 Å². The largest absolute Gasteiger partial charge is 1.00 e. The first kappa shape index (κ1) is 17.8. The van der Waals surface area contributed by atoms with E-state index in [2.05, 4.69) is 32.8 Å². The maximum absolute atomic E-state index is 11.0. The molecule has 2 heterocycles. The van der Waals surface area contributed by atoms with Gasteiger partial charge in [0.05, 0.1) is 10.9 Å². The summed E-state index contributed by atoms with van der Waals surface area (Å²) in [6.45, 7) is 0. The number of hydrogen-bond acceptors (Lipinski definition) is 5. The van der Waals surface area contributed by atoms with Crippen molar-refractivity contribution in [2.24, 2.45) is 0 Å². The van der Waals surface area contributed by atoms with E-state index >= 15 is 0 Å². The summed E-state index contributed by atoms with van der Waals surface area (Å²) in [5.41, 5.74) is 3.20. The lowest BCUT2D eigenvalue weighted by Crippen LogP contribution is -3.00. The van der Waals surface area contributed by atoms with Crippen molar-refractivity contribution in [3.8, 4) is 11.1 Å². The molecule has 130 valence electrons. The summed E-state index contributed by atoms with van der Waals surface area (Å²) in [5, 5.41) is 15.3. The van der Waals surface area contributed by atoms with Crippen LogP contribution in [0.25, 0.3) is 21.3 Å². The molecule has 7 heteroatoms. The second kappa shape index (κ2) is 7.51. The Balaban J connectivity index is 0.00000196. The topological polar surface area (TPSA) is 75.1 Å². The van der Waals surface area contributed by atoms with Crippen molar-refractivity contribution in [1.29, 1.82) is 0 Å². The minimum atomic E-state index is -0.944. The number of carboxylic acid groups (broad SMARTS) is 1. The van der Waals surface area contributed by atoms with E-state index in [1.165, 1.54) is 6.33 Å². The zero-order chi connectivity index (χ0) is 17.2. The summed E-state index contributed by atoms with van der Waals surface area (Å²) < 4.78 is 0. The van der Waals surface area contributed by atoms with Crippen LogP contribution in [0, 0.1) is 0 Å². The Hall–Kier alpha value is -2.96. The number of thiophene rings is 1. The maximum atomic E-state index is 11.0. The summed E-state index contributed by atoms with van der Waals surface area (Å²) in [4.78, 5) is 20.6. The van der Waals surface area contributed by atoms with Gasteiger partial charge in [-0.15, -0.1) is 11.3 Å². The number of hydrogen-bond donors (Lipinski definition) is 2. The number of aromatic nitrogens is 2. The Morgan fingerprint density at radius 3 is 2.42 bits per heavy atom. The average molecular weight is 383 g/mol. The molecule has 0 spiro atoms. The predicted octanol–water partition coefficient (Wildman–Crippen LogP) is 1.80. The number of aromatic carboxylic acids is 1. The van der Waals surface area contributed by atoms with E-state index in [1.54, 1.807) is 35.6 Å². The molecule has 0 amide bonds. The Morgan fingerprint density at radius 2 is 1.73 bits per heavy atom. The van der Waals surface area contributed by atoms with Crippen LogP contribution >= 0.6 is 11.3 Å². The molecule has 2 N–H and O–H groups in total. The second-order valence-electron chi connectivity index (χ2n) is 5.43. The van der Waals surface area contributed by atoms with Crippen molar-refractivity contribution in [3.63, 3.8) is 0 Å². The van der Waals surface area contributed by atoms with Gasteiger partial charge in [-0.3, -0.25) is 0 Å². The lowest BCUT2D eigenvalue weighted by molar-refractivity contribution is -0.0000204. The Morgan fingerprint density at radius 1 is 1.00 bits per heavy atom. The van der Waals surface area contributed by atoms with Gasteiger partial charge < -0.3 is 22.8 Å². The third-order valence-corrected chi connectivity index (χ3v) is 4.74. The van der Waals surface area contributed by atoms with Crippen molar-refractivity contribution in [2.75, 3.05) is 5.32 Å². The van der Waals surface area contributed by atoms with Gasteiger partial charge in [0.15, 0.2) is 0 Å². The fourth-order valence-corrected chi connectivity index (χ4v) is 3.55. The summed E-state index contributed by atoms with van der Waals surface area (Å²) in [6.07, 6.45) is 1.53. The first-order valence-electron chi connectivity index (χ1n) is 7.60. The number of halogens is 1. The quantitative estimate of drug-likeness (QED) is 0.563. The molecular weight excluding hydrogens is 370 g/mol. The molecule has 4 aromatic rings. The molecule has 0 aliphatic heterocycles. The van der Waals surface area contributed by atoms with Gasteiger partial charge in [0, 0.05) is 16.6 Å². The predicted molar refractivity (Wildman–Crippen MR) is 99.5 cm³/mol. The molecule has 26 heavy (non-hydrogen) atoms. The van der Waals surface area contributed by atoms with E-state index < -0.39 is 5.97 Å². The highest BCUT2D eigenvalue weighted by atomic mass is 35.5. The van der Waals surface area contributed by atoms with Gasteiger partial charge in [0.2, 0.25) is 0 Å². The molecule has 0 saturated heterocycles. The average Bonchev–Trinajstić information content (AvgIpc) is 3.08. The lowest BCUT2D eigenvalue weighted by atomic mass is 10.1. The molecule has 0 atom stereocenters. The molecule has 0 saturated carbocycles. The van der Waals surface area contributed by atoms with Gasteiger partial charge in [-0.2, -0.15) is 0 Å². The number of carbonyl (C=O) groups is 1. The van der Waals surface area contributed by atoms with Gasteiger partial charge in [-0.05, 0) is 29.8 Å². The van der Waals surface area contributed by atoms with E-state index in [4.69, 9.17) is 5.11 Å². The van der Waals surface area contributed by atoms with Gasteiger partial charge in [0.1, 0.15) is 17.0 Å². The molecule has 5 nitrogen and oxygen atoms in total. The van der Waals surface area contributed by atoms with Crippen LogP contribution in [0.15, 0.2) is 66.3 Å². The minimum Gasteiger partial charge on any atom is -1.00 e. The summed E-state index contributed by atoms with van der Waals surface area (Å²) in [6, 6.07) is 16.7. The molecule has 0 radical (unpaired) electrons.